The number of sulfone groups is 1. The Hall–Kier alpha value is -3.91. The van der Waals surface area contributed by atoms with E-state index in [1.54, 1.807) is 41.6 Å². The molecule has 184 valence electrons. The quantitative estimate of drug-likeness (QED) is 0.409. The van der Waals surface area contributed by atoms with Crippen molar-refractivity contribution in [2.75, 3.05) is 23.7 Å². The van der Waals surface area contributed by atoms with E-state index in [0.717, 1.165) is 28.1 Å². The zero-order valence-corrected chi connectivity index (χ0v) is 20.7. The topological polar surface area (TPSA) is 86.4 Å². The summed E-state index contributed by atoms with van der Waals surface area (Å²) in [5, 5.41) is 0. The summed E-state index contributed by atoms with van der Waals surface area (Å²) < 4.78 is 25.5. The van der Waals surface area contributed by atoms with Gasteiger partial charge >= 0.3 is 0 Å². The summed E-state index contributed by atoms with van der Waals surface area (Å²) in [4.78, 5) is 24.9. The summed E-state index contributed by atoms with van der Waals surface area (Å²) in [7, 11) is -3.52. The number of carbonyl (C=O) groups excluding carboxylic acids is 1. The number of benzene rings is 3. The zero-order valence-electron chi connectivity index (χ0n) is 19.9. The van der Waals surface area contributed by atoms with Gasteiger partial charge in [-0.15, -0.1) is 0 Å². The van der Waals surface area contributed by atoms with Gasteiger partial charge in [0.05, 0.1) is 29.2 Å². The van der Waals surface area contributed by atoms with Crippen LogP contribution in [-0.2, 0) is 27.7 Å². The normalized spacial score (nSPS) is 13.8. The highest BCUT2D eigenvalue weighted by atomic mass is 32.2. The third-order valence-corrected chi connectivity index (χ3v) is 8.21. The number of H-pyrrole nitrogens is 1. The second-order valence-electron chi connectivity index (χ2n) is 8.89. The summed E-state index contributed by atoms with van der Waals surface area (Å²) in [5.41, 5.74) is 5.20. The van der Waals surface area contributed by atoms with Crippen LogP contribution in [-0.4, -0.2) is 48.0 Å². The van der Waals surface area contributed by atoms with Crippen molar-refractivity contribution >= 4 is 21.4 Å². The predicted molar refractivity (Wildman–Crippen MR) is 140 cm³/mol. The SMILES string of the molecule is O=C(CCS(=O)(=O)c1ccccc1)N1CCN(Cc2c[nH]cn2)c2ccc(-c3ccccc3)cc2C1. The van der Waals surface area contributed by atoms with Gasteiger partial charge < -0.3 is 14.8 Å². The second kappa shape index (κ2) is 10.4. The number of aromatic amines is 1. The third-order valence-electron chi connectivity index (χ3n) is 6.48. The molecule has 1 aromatic heterocycles. The first-order valence-corrected chi connectivity index (χ1v) is 13.6. The van der Waals surface area contributed by atoms with Gasteiger partial charge in [-0.2, -0.15) is 0 Å². The van der Waals surface area contributed by atoms with Crippen molar-refractivity contribution in [1.29, 1.82) is 0 Å². The highest BCUT2D eigenvalue weighted by Gasteiger charge is 2.25. The molecule has 0 radical (unpaired) electrons. The fourth-order valence-corrected chi connectivity index (χ4v) is 5.80. The number of nitrogens with zero attached hydrogens (tertiary/aromatic N) is 3. The van der Waals surface area contributed by atoms with E-state index in [1.807, 2.05) is 24.4 Å². The Morgan fingerprint density at radius 3 is 2.39 bits per heavy atom. The Balaban J connectivity index is 1.39. The number of imidazole rings is 1. The van der Waals surface area contributed by atoms with Crippen molar-refractivity contribution in [2.45, 2.75) is 24.4 Å². The van der Waals surface area contributed by atoms with Gasteiger partial charge in [0.25, 0.3) is 0 Å². The summed E-state index contributed by atoms with van der Waals surface area (Å²) in [6.07, 6.45) is 3.49. The Bertz CT molecular complexity index is 1420. The van der Waals surface area contributed by atoms with E-state index in [9.17, 15) is 13.2 Å². The first-order valence-electron chi connectivity index (χ1n) is 12.0. The molecule has 1 aliphatic heterocycles. The molecule has 3 aromatic carbocycles. The molecular weight excluding hydrogens is 472 g/mol. The molecular formula is C28H28N4O3S. The molecule has 0 unspecified atom stereocenters. The van der Waals surface area contributed by atoms with Crippen molar-refractivity contribution in [2.24, 2.45) is 0 Å². The van der Waals surface area contributed by atoms with E-state index >= 15 is 0 Å². The van der Waals surface area contributed by atoms with Gasteiger partial charge in [0.15, 0.2) is 9.84 Å². The van der Waals surface area contributed by atoms with Crippen molar-refractivity contribution in [3.63, 3.8) is 0 Å². The van der Waals surface area contributed by atoms with Crippen LogP contribution in [0.3, 0.4) is 0 Å². The van der Waals surface area contributed by atoms with Crippen LogP contribution < -0.4 is 4.90 Å². The molecule has 0 fully saturated rings. The number of aromatic nitrogens is 2. The van der Waals surface area contributed by atoms with E-state index in [1.165, 1.54) is 0 Å². The molecule has 0 saturated carbocycles. The lowest BCUT2D eigenvalue weighted by Gasteiger charge is -2.24. The fourth-order valence-electron chi connectivity index (χ4n) is 4.55. The number of hydrogen-bond donors (Lipinski definition) is 1. The molecule has 1 N–H and O–H groups in total. The third kappa shape index (κ3) is 5.33. The van der Waals surface area contributed by atoms with Crippen LogP contribution in [0.4, 0.5) is 5.69 Å². The van der Waals surface area contributed by atoms with Crippen molar-refractivity contribution in [3.05, 3.63) is 103 Å². The first kappa shape index (κ1) is 23.8. The highest BCUT2D eigenvalue weighted by molar-refractivity contribution is 7.91. The minimum absolute atomic E-state index is 0.0513. The van der Waals surface area contributed by atoms with Gasteiger partial charge in [0, 0.05) is 37.9 Å². The molecule has 7 nitrogen and oxygen atoms in total. The van der Waals surface area contributed by atoms with Gasteiger partial charge in [0.1, 0.15) is 0 Å². The molecule has 0 aliphatic carbocycles. The lowest BCUT2D eigenvalue weighted by Crippen LogP contribution is -2.36. The summed E-state index contributed by atoms with van der Waals surface area (Å²) >= 11 is 0. The Kier molecular flexibility index (Phi) is 6.86. The van der Waals surface area contributed by atoms with Gasteiger partial charge in [-0.1, -0.05) is 54.6 Å². The molecule has 1 aliphatic rings. The van der Waals surface area contributed by atoms with Crippen LogP contribution in [0.2, 0.25) is 0 Å². The molecule has 0 bridgehead atoms. The molecule has 8 heteroatoms. The summed E-state index contributed by atoms with van der Waals surface area (Å²) in [5.74, 6) is -0.368. The smallest absolute Gasteiger partial charge is 0.223 e. The monoisotopic (exact) mass is 500 g/mol. The van der Waals surface area contributed by atoms with Crippen LogP contribution in [0.1, 0.15) is 17.7 Å². The number of hydrogen-bond acceptors (Lipinski definition) is 5. The standard InChI is InChI=1S/C28H28N4O3S/c33-28(13-16-36(34,35)26-9-5-2-6-10-26)32-15-14-31(20-25-18-29-21-30-25)27-12-11-23(17-24(27)19-32)22-7-3-1-4-8-22/h1-12,17-18,21H,13-16,19-20H2,(H,29,30). The summed E-state index contributed by atoms with van der Waals surface area (Å²) in [6.45, 7) is 2.18. The number of amides is 1. The average molecular weight is 501 g/mol. The molecule has 2 heterocycles. The molecule has 4 aromatic rings. The van der Waals surface area contributed by atoms with E-state index in [-0.39, 0.29) is 23.0 Å². The Morgan fingerprint density at radius 1 is 0.917 bits per heavy atom. The zero-order chi connectivity index (χ0) is 25.0. The van der Waals surface area contributed by atoms with Crippen molar-refractivity contribution < 1.29 is 13.2 Å². The fraction of sp³-hybridized carbons (Fsp3) is 0.214. The van der Waals surface area contributed by atoms with Crippen LogP contribution in [0.15, 0.2) is 96.3 Å². The van der Waals surface area contributed by atoms with Crippen LogP contribution in [0.25, 0.3) is 11.1 Å². The van der Waals surface area contributed by atoms with Gasteiger partial charge in [-0.25, -0.2) is 13.4 Å². The molecule has 0 atom stereocenters. The van der Waals surface area contributed by atoms with Gasteiger partial charge in [-0.05, 0) is 41.0 Å². The van der Waals surface area contributed by atoms with E-state index in [4.69, 9.17) is 0 Å². The number of rotatable bonds is 7. The van der Waals surface area contributed by atoms with Crippen molar-refractivity contribution in [3.8, 4) is 11.1 Å². The van der Waals surface area contributed by atoms with Crippen LogP contribution in [0.5, 0.6) is 0 Å². The minimum atomic E-state index is -3.52. The largest absolute Gasteiger partial charge is 0.364 e. The number of anilines is 1. The Labute approximate surface area is 211 Å². The maximum Gasteiger partial charge on any atom is 0.223 e. The second-order valence-corrected chi connectivity index (χ2v) is 11.0. The molecule has 36 heavy (non-hydrogen) atoms. The van der Waals surface area contributed by atoms with Crippen LogP contribution in [0, 0.1) is 0 Å². The van der Waals surface area contributed by atoms with Crippen LogP contribution >= 0.6 is 0 Å². The molecule has 5 rings (SSSR count). The maximum absolute atomic E-state index is 13.2. The predicted octanol–water partition coefficient (Wildman–Crippen LogP) is 4.29. The number of fused-ring (bicyclic) bond motifs is 1. The van der Waals surface area contributed by atoms with Gasteiger partial charge in [-0.3, -0.25) is 4.79 Å². The lowest BCUT2D eigenvalue weighted by molar-refractivity contribution is -0.131. The Morgan fingerprint density at radius 2 is 1.67 bits per heavy atom. The maximum atomic E-state index is 13.2. The van der Waals surface area contributed by atoms with Crippen molar-refractivity contribution in [1.82, 2.24) is 14.9 Å². The highest BCUT2D eigenvalue weighted by Crippen LogP contribution is 2.31. The summed E-state index contributed by atoms with van der Waals surface area (Å²) in [6, 6.07) is 24.8. The van der Waals surface area contributed by atoms with Gasteiger partial charge in [0.2, 0.25) is 5.91 Å². The van der Waals surface area contributed by atoms with E-state index in [2.05, 4.69) is 45.2 Å². The van der Waals surface area contributed by atoms with E-state index in [0.29, 0.717) is 26.2 Å². The minimum Gasteiger partial charge on any atom is -0.364 e. The lowest BCUT2D eigenvalue weighted by atomic mass is 10.0. The molecule has 1 amide bonds. The first-order chi connectivity index (χ1) is 17.5. The molecule has 0 saturated heterocycles. The number of carbonyl (C=O) groups is 1. The number of nitrogens with one attached hydrogen (secondary N) is 1. The van der Waals surface area contributed by atoms with E-state index < -0.39 is 9.84 Å². The molecule has 0 spiro atoms. The average Bonchev–Trinajstić information content (AvgIpc) is 3.36.